The zero-order valence-electron chi connectivity index (χ0n) is 17.4. The summed E-state index contributed by atoms with van der Waals surface area (Å²) < 4.78 is 41.9. The molecule has 32 heavy (non-hydrogen) atoms. The van der Waals surface area contributed by atoms with Crippen molar-refractivity contribution in [1.82, 2.24) is 9.97 Å². The topological polar surface area (TPSA) is 115 Å². The Morgan fingerprint density at radius 3 is 2.41 bits per heavy atom. The summed E-state index contributed by atoms with van der Waals surface area (Å²) in [5.41, 5.74) is -0.352. The Kier molecular flexibility index (Phi) is 7.14. The van der Waals surface area contributed by atoms with Crippen LogP contribution in [0.5, 0.6) is 5.75 Å². The van der Waals surface area contributed by atoms with Crippen LogP contribution in [0.25, 0.3) is 0 Å². The van der Waals surface area contributed by atoms with Gasteiger partial charge >= 0.3 is 11.9 Å². The number of rotatable bonds is 6. The Hall–Kier alpha value is -3.81. The van der Waals surface area contributed by atoms with Crippen molar-refractivity contribution in [1.29, 1.82) is 5.26 Å². The van der Waals surface area contributed by atoms with Crippen LogP contribution in [-0.4, -0.2) is 55.3 Å². The minimum atomic E-state index is -1.55. The maximum absolute atomic E-state index is 13.8. The first-order valence-electron chi connectivity index (χ1n) is 9.67. The van der Waals surface area contributed by atoms with Crippen LogP contribution in [-0.2, 0) is 19.1 Å². The molecule has 0 N–H and O–H groups in total. The van der Waals surface area contributed by atoms with Crippen LogP contribution in [0.3, 0.4) is 0 Å². The average molecular weight is 446 g/mol. The number of hydrogen-bond donors (Lipinski definition) is 0. The fourth-order valence-electron chi connectivity index (χ4n) is 3.34. The van der Waals surface area contributed by atoms with Gasteiger partial charge in [-0.15, -0.1) is 0 Å². The maximum atomic E-state index is 13.8. The summed E-state index contributed by atoms with van der Waals surface area (Å²) in [5.74, 6) is -4.52. The first-order valence-corrected chi connectivity index (χ1v) is 9.67. The smallest absolute Gasteiger partial charge is 0.326 e. The van der Waals surface area contributed by atoms with Crippen LogP contribution < -0.4 is 9.64 Å². The predicted octanol–water partition coefficient (Wildman–Crippen LogP) is 2.10. The summed E-state index contributed by atoms with van der Waals surface area (Å²) >= 11 is 0. The number of hydrogen-bond acceptors (Lipinski definition) is 9. The molecule has 0 bridgehead atoms. The van der Waals surface area contributed by atoms with E-state index >= 15 is 0 Å². The lowest BCUT2D eigenvalue weighted by atomic mass is 10.0. The molecule has 1 aromatic carbocycles. The second-order valence-corrected chi connectivity index (χ2v) is 6.93. The van der Waals surface area contributed by atoms with E-state index in [0.29, 0.717) is 31.7 Å². The number of halogens is 2. The molecule has 1 aromatic heterocycles. The molecule has 0 saturated carbocycles. The van der Waals surface area contributed by atoms with Gasteiger partial charge in [-0.2, -0.15) is 5.26 Å². The summed E-state index contributed by atoms with van der Waals surface area (Å²) in [5, 5.41) is 9.35. The van der Waals surface area contributed by atoms with E-state index in [1.807, 2.05) is 11.0 Å². The maximum Gasteiger partial charge on any atom is 0.326 e. The molecule has 2 heterocycles. The highest BCUT2D eigenvalue weighted by molar-refractivity contribution is 6.00. The number of aromatic nitrogens is 2. The molecule has 168 valence electrons. The summed E-state index contributed by atoms with van der Waals surface area (Å²) in [7, 11) is 2.21. The van der Waals surface area contributed by atoms with Crippen LogP contribution in [0.1, 0.15) is 30.1 Å². The molecule has 1 aliphatic heterocycles. The number of benzene rings is 1. The van der Waals surface area contributed by atoms with E-state index in [4.69, 9.17) is 4.74 Å². The lowest BCUT2D eigenvalue weighted by Gasteiger charge is -2.33. The third-order valence-electron chi connectivity index (χ3n) is 4.99. The standard InChI is InChI=1S/C21H20F2N4O5/c1-30-20(28)18(21(29)31-2)19-15(10-24)25-11-17(26-19)27-7-5-13(6-8-27)32-16-4-3-12(22)9-14(16)23/h3-4,9,11,13,18H,5-8H2,1-2H3. The van der Waals surface area contributed by atoms with Crippen molar-refractivity contribution >= 4 is 17.8 Å². The zero-order chi connectivity index (χ0) is 23.3. The van der Waals surface area contributed by atoms with Gasteiger partial charge < -0.3 is 19.1 Å². The Labute approximate surface area is 182 Å². The van der Waals surface area contributed by atoms with Gasteiger partial charge in [0, 0.05) is 32.0 Å². The number of nitrogens with zero attached hydrogens (tertiary/aromatic N) is 4. The number of carbonyl (C=O) groups is 2. The monoisotopic (exact) mass is 446 g/mol. The van der Waals surface area contributed by atoms with Crippen LogP contribution in [0.15, 0.2) is 24.4 Å². The van der Waals surface area contributed by atoms with Crippen molar-refractivity contribution in [3.8, 4) is 11.8 Å². The number of ether oxygens (including phenoxy) is 3. The quantitative estimate of drug-likeness (QED) is 0.486. The van der Waals surface area contributed by atoms with Crippen LogP contribution >= 0.6 is 0 Å². The van der Waals surface area contributed by atoms with E-state index in [9.17, 15) is 23.6 Å². The molecule has 3 rings (SSSR count). The van der Waals surface area contributed by atoms with Gasteiger partial charge in [-0.05, 0) is 12.1 Å². The molecule has 9 nitrogen and oxygen atoms in total. The molecule has 0 amide bonds. The van der Waals surface area contributed by atoms with E-state index in [0.717, 1.165) is 26.4 Å². The van der Waals surface area contributed by atoms with Crippen LogP contribution in [0.4, 0.5) is 14.6 Å². The predicted molar refractivity (Wildman–Crippen MR) is 106 cm³/mol. The van der Waals surface area contributed by atoms with Gasteiger partial charge in [0.05, 0.1) is 20.4 Å². The number of piperidine rings is 1. The SMILES string of the molecule is COC(=O)C(C(=O)OC)c1nc(N2CCC(Oc3ccc(F)cc3F)CC2)cnc1C#N. The highest BCUT2D eigenvalue weighted by Gasteiger charge is 2.36. The lowest BCUT2D eigenvalue weighted by Crippen LogP contribution is -2.39. The van der Waals surface area contributed by atoms with E-state index in [1.54, 1.807) is 0 Å². The van der Waals surface area contributed by atoms with Crippen LogP contribution in [0.2, 0.25) is 0 Å². The van der Waals surface area contributed by atoms with Crippen molar-refractivity contribution in [2.45, 2.75) is 24.9 Å². The summed E-state index contributed by atoms with van der Waals surface area (Å²) in [4.78, 5) is 34.5. The largest absolute Gasteiger partial charge is 0.487 e. The lowest BCUT2D eigenvalue weighted by molar-refractivity contribution is -0.154. The molecule has 0 aliphatic carbocycles. The van der Waals surface area contributed by atoms with E-state index < -0.39 is 29.5 Å². The molecule has 1 fully saturated rings. The molecule has 0 atom stereocenters. The van der Waals surface area contributed by atoms with E-state index in [2.05, 4.69) is 19.4 Å². The zero-order valence-corrected chi connectivity index (χ0v) is 17.4. The summed E-state index contributed by atoms with van der Waals surface area (Å²) in [6.45, 7) is 0.906. The van der Waals surface area contributed by atoms with Gasteiger partial charge in [0.1, 0.15) is 29.5 Å². The number of carbonyl (C=O) groups excluding carboxylic acids is 2. The van der Waals surface area contributed by atoms with Gasteiger partial charge in [-0.25, -0.2) is 18.7 Å². The molecule has 2 aromatic rings. The van der Waals surface area contributed by atoms with Gasteiger partial charge in [-0.3, -0.25) is 9.59 Å². The first-order chi connectivity index (χ1) is 15.4. The van der Waals surface area contributed by atoms with Crippen molar-refractivity contribution in [3.63, 3.8) is 0 Å². The third-order valence-corrected chi connectivity index (χ3v) is 4.99. The van der Waals surface area contributed by atoms with Gasteiger partial charge in [-0.1, -0.05) is 0 Å². The minimum Gasteiger partial charge on any atom is -0.487 e. The van der Waals surface area contributed by atoms with Crippen molar-refractivity contribution in [3.05, 3.63) is 47.4 Å². The minimum absolute atomic E-state index is 0.0238. The Balaban J connectivity index is 1.76. The third kappa shape index (κ3) is 4.91. The van der Waals surface area contributed by atoms with Gasteiger partial charge in [0.25, 0.3) is 0 Å². The van der Waals surface area contributed by atoms with Crippen LogP contribution in [0, 0.1) is 23.0 Å². The second-order valence-electron chi connectivity index (χ2n) is 6.93. The van der Waals surface area contributed by atoms with Crippen molar-refractivity contribution in [2.75, 3.05) is 32.2 Å². The van der Waals surface area contributed by atoms with E-state index in [-0.39, 0.29) is 23.2 Å². The van der Waals surface area contributed by atoms with E-state index in [1.165, 1.54) is 12.3 Å². The fourth-order valence-corrected chi connectivity index (χ4v) is 3.34. The number of anilines is 1. The molecule has 1 aliphatic rings. The summed E-state index contributed by atoms with van der Waals surface area (Å²) in [6.07, 6.45) is 2.08. The molecular formula is C21H20F2N4O5. The molecule has 0 unspecified atom stereocenters. The molecule has 1 saturated heterocycles. The van der Waals surface area contributed by atoms with Gasteiger partial charge in [0.2, 0.25) is 0 Å². The van der Waals surface area contributed by atoms with Crippen molar-refractivity contribution in [2.24, 2.45) is 0 Å². The highest BCUT2D eigenvalue weighted by Crippen LogP contribution is 2.27. The Morgan fingerprint density at radius 2 is 1.84 bits per heavy atom. The Morgan fingerprint density at radius 1 is 1.19 bits per heavy atom. The Bertz CT molecular complexity index is 1030. The number of methoxy groups -OCH3 is 2. The molecule has 0 spiro atoms. The molecular weight excluding hydrogens is 426 g/mol. The fraction of sp³-hybridized carbons (Fsp3) is 0.381. The first kappa shape index (κ1) is 22.9. The average Bonchev–Trinajstić information content (AvgIpc) is 2.81. The number of nitriles is 1. The highest BCUT2D eigenvalue weighted by atomic mass is 19.1. The second kappa shape index (κ2) is 10.00. The molecule has 0 radical (unpaired) electrons. The van der Waals surface area contributed by atoms with Gasteiger partial charge in [0.15, 0.2) is 23.2 Å². The summed E-state index contributed by atoms with van der Waals surface area (Å²) in [6, 6.07) is 4.95. The normalized spacial score (nSPS) is 14.1. The molecule has 11 heteroatoms. The number of esters is 2. The van der Waals surface area contributed by atoms with Crippen molar-refractivity contribution < 1.29 is 32.6 Å².